The van der Waals surface area contributed by atoms with Crippen LogP contribution in [0.4, 0.5) is 13.2 Å². The highest BCUT2D eigenvalue weighted by molar-refractivity contribution is 7.86. The van der Waals surface area contributed by atoms with Crippen molar-refractivity contribution in [3.05, 3.63) is 65.2 Å². The van der Waals surface area contributed by atoms with Gasteiger partial charge in [0, 0.05) is 0 Å². The summed E-state index contributed by atoms with van der Waals surface area (Å²) in [7, 11) is -4.35. The summed E-state index contributed by atoms with van der Waals surface area (Å²) in [5.41, 5.74) is -1.76. The molecule has 0 radical (unpaired) electrons. The molecular formula is C15H11F3O5S. The molecule has 0 saturated heterocycles. The Morgan fingerprint density at radius 2 is 1.71 bits per heavy atom. The molecule has 24 heavy (non-hydrogen) atoms. The molecule has 0 aliphatic rings. The number of carboxylic acid groups (broad SMARTS) is 1. The lowest BCUT2D eigenvalue weighted by molar-refractivity contribution is -0.138. The zero-order chi connectivity index (χ0) is 18.0. The summed E-state index contributed by atoms with van der Waals surface area (Å²) < 4.78 is 67.6. The lowest BCUT2D eigenvalue weighted by atomic mass is 10.1. The fraction of sp³-hybridized carbons (Fsp3) is 0.133. The van der Waals surface area contributed by atoms with Crippen LogP contribution in [0.1, 0.15) is 21.5 Å². The van der Waals surface area contributed by atoms with Crippen molar-refractivity contribution in [3.8, 4) is 5.75 Å². The maximum absolute atomic E-state index is 13.0. The molecule has 2 aromatic rings. The lowest BCUT2D eigenvalue weighted by Crippen LogP contribution is -2.16. The number of carbonyl (C=O) groups is 1. The largest absolute Gasteiger partial charge is 0.478 e. The van der Waals surface area contributed by atoms with Crippen LogP contribution < -0.4 is 4.18 Å². The standard InChI is InChI=1S/C15H11F3O5S/c16-15(17,18)12-8-11(14(19)20)6-7-13(12)23-24(21,22)9-10-4-2-1-3-5-10/h1-8H,9H2,(H,19,20). The summed E-state index contributed by atoms with van der Waals surface area (Å²) in [5.74, 6) is -3.16. The number of carboxylic acids is 1. The average molecular weight is 360 g/mol. The number of aromatic carboxylic acids is 1. The van der Waals surface area contributed by atoms with Gasteiger partial charge in [-0.3, -0.25) is 0 Å². The minimum atomic E-state index is -4.97. The first kappa shape index (κ1) is 17.8. The van der Waals surface area contributed by atoms with Gasteiger partial charge in [-0.25, -0.2) is 4.79 Å². The van der Waals surface area contributed by atoms with E-state index in [4.69, 9.17) is 5.11 Å². The van der Waals surface area contributed by atoms with Gasteiger partial charge in [-0.2, -0.15) is 21.6 Å². The molecule has 0 spiro atoms. The van der Waals surface area contributed by atoms with Crippen molar-refractivity contribution in [1.29, 1.82) is 0 Å². The number of alkyl halides is 3. The third-order valence-electron chi connectivity index (χ3n) is 2.93. The molecule has 0 bridgehead atoms. The van der Waals surface area contributed by atoms with Crippen LogP contribution in [0.25, 0.3) is 0 Å². The van der Waals surface area contributed by atoms with E-state index in [1.807, 2.05) is 0 Å². The highest BCUT2D eigenvalue weighted by Crippen LogP contribution is 2.37. The van der Waals surface area contributed by atoms with Gasteiger partial charge >= 0.3 is 22.3 Å². The second kappa shape index (κ2) is 6.52. The molecule has 0 aromatic heterocycles. The van der Waals surface area contributed by atoms with Gasteiger partial charge < -0.3 is 9.29 Å². The summed E-state index contributed by atoms with van der Waals surface area (Å²) in [6.45, 7) is 0. The Kier molecular flexibility index (Phi) is 4.83. The van der Waals surface area contributed by atoms with Crippen molar-refractivity contribution in [2.45, 2.75) is 11.9 Å². The van der Waals surface area contributed by atoms with E-state index >= 15 is 0 Å². The molecule has 0 aliphatic carbocycles. The van der Waals surface area contributed by atoms with Gasteiger partial charge in [0.1, 0.15) is 11.3 Å². The molecule has 0 unspecified atom stereocenters. The molecular weight excluding hydrogens is 349 g/mol. The maximum atomic E-state index is 13.0. The van der Waals surface area contributed by atoms with Gasteiger partial charge in [0.25, 0.3) is 0 Å². The van der Waals surface area contributed by atoms with Gasteiger partial charge in [0.2, 0.25) is 0 Å². The number of benzene rings is 2. The Hall–Kier alpha value is -2.55. The van der Waals surface area contributed by atoms with E-state index in [0.29, 0.717) is 17.7 Å². The summed E-state index contributed by atoms with van der Waals surface area (Å²) in [6.07, 6.45) is -4.97. The molecule has 5 nitrogen and oxygen atoms in total. The molecule has 0 heterocycles. The molecule has 0 amide bonds. The number of rotatable bonds is 5. The smallest absolute Gasteiger partial charge is 0.420 e. The van der Waals surface area contributed by atoms with E-state index in [9.17, 15) is 26.4 Å². The van der Waals surface area contributed by atoms with Crippen LogP contribution in [0.15, 0.2) is 48.5 Å². The van der Waals surface area contributed by atoms with Crippen LogP contribution in [0.3, 0.4) is 0 Å². The minimum Gasteiger partial charge on any atom is -0.478 e. The molecule has 9 heteroatoms. The van der Waals surface area contributed by atoms with Crippen molar-refractivity contribution >= 4 is 16.1 Å². The zero-order valence-corrected chi connectivity index (χ0v) is 12.8. The monoisotopic (exact) mass is 360 g/mol. The highest BCUT2D eigenvalue weighted by Gasteiger charge is 2.36. The SMILES string of the molecule is O=C(O)c1ccc(OS(=O)(=O)Cc2ccccc2)c(C(F)(F)F)c1. The normalized spacial score (nSPS) is 12.0. The molecule has 0 fully saturated rings. The van der Waals surface area contributed by atoms with E-state index in [1.54, 1.807) is 18.2 Å². The van der Waals surface area contributed by atoms with Crippen molar-refractivity contribution in [2.24, 2.45) is 0 Å². The van der Waals surface area contributed by atoms with Crippen LogP contribution in [-0.2, 0) is 22.0 Å². The Morgan fingerprint density at radius 1 is 1.08 bits per heavy atom. The van der Waals surface area contributed by atoms with E-state index in [1.165, 1.54) is 12.1 Å². The van der Waals surface area contributed by atoms with E-state index in [2.05, 4.69) is 4.18 Å². The fourth-order valence-corrected chi connectivity index (χ4v) is 2.98. The Balaban J connectivity index is 2.36. The van der Waals surface area contributed by atoms with E-state index < -0.39 is 44.9 Å². The molecule has 2 rings (SSSR count). The van der Waals surface area contributed by atoms with Gasteiger partial charge in [-0.1, -0.05) is 30.3 Å². The number of hydrogen-bond donors (Lipinski definition) is 1. The van der Waals surface area contributed by atoms with Crippen LogP contribution in [0.5, 0.6) is 5.75 Å². The van der Waals surface area contributed by atoms with Crippen LogP contribution >= 0.6 is 0 Å². The predicted molar refractivity (Wildman–Crippen MR) is 78.1 cm³/mol. The molecule has 128 valence electrons. The minimum absolute atomic E-state index is 0.329. The maximum Gasteiger partial charge on any atom is 0.420 e. The molecule has 0 atom stereocenters. The Bertz CT molecular complexity index is 845. The van der Waals surface area contributed by atoms with Crippen LogP contribution in [-0.4, -0.2) is 19.5 Å². The first-order valence-electron chi connectivity index (χ1n) is 6.49. The van der Waals surface area contributed by atoms with Gasteiger partial charge in [-0.05, 0) is 23.8 Å². The first-order chi connectivity index (χ1) is 11.1. The van der Waals surface area contributed by atoms with Crippen LogP contribution in [0, 0.1) is 0 Å². The van der Waals surface area contributed by atoms with E-state index in [0.717, 1.165) is 6.07 Å². The highest BCUT2D eigenvalue weighted by atomic mass is 32.2. The fourth-order valence-electron chi connectivity index (χ4n) is 1.90. The van der Waals surface area contributed by atoms with Crippen molar-refractivity contribution < 1.29 is 35.7 Å². The van der Waals surface area contributed by atoms with Crippen LogP contribution in [0.2, 0.25) is 0 Å². The Morgan fingerprint density at radius 3 is 2.25 bits per heavy atom. The number of halogens is 3. The van der Waals surface area contributed by atoms with Gasteiger partial charge in [-0.15, -0.1) is 0 Å². The van der Waals surface area contributed by atoms with Crippen molar-refractivity contribution in [1.82, 2.24) is 0 Å². The third kappa shape index (κ3) is 4.48. The number of hydrogen-bond acceptors (Lipinski definition) is 4. The second-order valence-corrected chi connectivity index (χ2v) is 6.36. The summed E-state index contributed by atoms with van der Waals surface area (Å²) in [4.78, 5) is 10.8. The predicted octanol–water partition coefficient (Wildman–Crippen LogP) is 3.31. The molecule has 0 saturated carbocycles. The van der Waals surface area contributed by atoms with E-state index in [-0.39, 0.29) is 0 Å². The quantitative estimate of drug-likeness (QED) is 0.828. The molecule has 1 N–H and O–H groups in total. The topological polar surface area (TPSA) is 80.7 Å². The summed E-state index contributed by atoms with van der Waals surface area (Å²) in [5, 5.41) is 8.77. The molecule has 0 aliphatic heterocycles. The Labute approximate surface area is 135 Å². The molecule has 2 aromatic carbocycles. The average Bonchev–Trinajstić information content (AvgIpc) is 2.46. The first-order valence-corrected chi connectivity index (χ1v) is 8.07. The van der Waals surface area contributed by atoms with Gasteiger partial charge in [0.15, 0.2) is 5.75 Å². The second-order valence-electron chi connectivity index (χ2n) is 4.78. The van der Waals surface area contributed by atoms with Crippen molar-refractivity contribution in [2.75, 3.05) is 0 Å². The zero-order valence-electron chi connectivity index (χ0n) is 11.9. The summed E-state index contributed by atoms with van der Waals surface area (Å²) >= 11 is 0. The van der Waals surface area contributed by atoms with Gasteiger partial charge in [0.05, 0.1) is 5.56 Å². The van der Waals surface area contributed by atoms with Crippen molar-refractivity contribution in [3.63, 3.8) is 0 Å². The summed E-state index contributed by atoms with van der Waals surface area (Å²) in [6, 6.07) is 9.62. The lowest BCUT2D eigenvalue weighted by Gasteiger charge is -2.14. The third-order valence-corrected chi connectivity index (χ3v) is 4.06.